The van der Waals surface area contributed by atoms with E-state index in [9.17, 15) is 36.9 Å². The molecule has 2 aromatic heterocycles. The van der Waals surface area contributed by atoms with Crippen LogP contribution in [-0.2, 0) is 12.4 Å². The highest BCUT2D eigenvalue weighted by Gasteiger charge is 2.37. The predicted molar refractivity (Wildman–Crippen MR) is 219 cm³/mol. The van der Waals surface area contributed by atoms with E-state index in [0.29, 0.717) is 89.9 Å². The third-order valence-electron chi connectivity index (χ3n) is 10.3. The van der Waals surface area contributed by atoms with Crippen LogP contribution in [0.5, 0.6) is 0 Å². The topological polar surface area (TPSA) is 86.2 Å². The Labute approximate surface area is 338 Å². The van der Waals surface area contributed by atoms with Crippen molar-refractivity contribution in [3.63, 3.8) is 0 Å². The number of rotatable bonds is 5. The molecular formula is C49H25F6N5. The maximum atomic E-state index is 13.9. The predicted octanol–water partition coefficient (Wildman–Crippen LogP) is 13.4. The van der Waals surface area contributed by atoms with Gasteiger partial charge in [-0.1, -0.05) is 91.0 Å². The van der Waals surface area contributed by atoms with E-state index in [0.717, 1.165) is 10.9 Å². The molecule has 0 aliphatic rings. The molecule has 0 saturated carbocycles. The molecule has 5 nitrogen and oxygen atoms in total. The lowest BCUT2D eigenvalue weighted by molar-refractivity contribution is -0.143. The zero-order chi connectivity index (χ0) is 41.8. The molecule has 0 aliphatic carbocycles. The van der Waals surface area contributed by atoms with Crippen molar-refractivity contribution in [3.05, 3.63) is 174 Å². The quantitative estimate of drug-likeness (QED) is 0.128. The van der Waals surface area contributed by atoms with Crippen molar-refractivity contribution in [2.24, 2.45) is 0 Å². The molecule has 0 atom stereocenters. The Hall–Kier alpha value is -7.89. The van der Waals surface area contributed by atoms with Crippen LogP contribution in [0.3, 0.4) is 0 Å². The van der Waals surface area contributed by atoms with Gasteiger partial charge in [-0.3, -0.25) is 0 Å². The van der Waals surface area contributed by atoms with Crippen LogP contribution in [-0.4, -0.2) is 15.0 Å². The van der Waals surface area contributed by atoms with E-state index in [1.54, 1.807) is 66.7 Å². The molecule has 2 heterocycles. The molecule has 0 bridgehead atoms. The number of aromatic nitrogens is 3. The van der Waals surface area contributed by atoms with E-state index < -0.39 is 23.5 Å². The van der Waals surface area contributed by atoms with Crippen molar-refractivity contribution in [3.8, 4) is 68.2 Å². The van der Waals surface area contributed by atoms with Gasteiger partial charge in [0.15, 0.2) is 0 Å². The van der Waals surface area contributed by atoms with Gasteiger partial charge in [0.2, 0.25) is 0 Å². The number of fused-ring (bicyclic) bond motifs is 5. The van der Waals surface area contributed by atoms with E-state index in [-0.39, 0.29) is 17.2 Å². The number of nitriles is 2. The molecule has 0 unspecified atom stereocenters. The molecule has 0 N–H and O–H groups in total. The first-order chi connectivity index (χ1) is 28.9. The molecular weight excluding hydrogens is 773 g/mol. The van der Waals surface area contributed by atoms with Gasteiger partial charge < -0.3 is 0 Å². The Bertz CT molecular complexity index is 3200. The molecule has 9 rings (SSSR count). The Kier molecular flexibility index (Phi) is 9.10. The van der Waals surface area contributed by atoms with Crippen LogP contribution in [0.15, 0.2) is 152 Å². The molecule has 0 spiro atoms. The Balaban J connectivity index is 1.39. The Morgan fingerprint density at radius 2 is 0.933 bits per heavy atom. The van der Waals surface area contributed by atoms with Gasteiger partial charge in [0, 0.05) is 38.4 Å². The molecule has 0 amide bonds. The molecule has 11 heteroatoms. The number of alkyl halides is 6. The smallest absolute Gasteiger partial charge is 0.247 e. The standard InChI is InChI=1S/C49H25F6N5/c50-48(51,52)36-22-35(23-37(24-36)49(53,54)55)33-9-6-10-34(21-33)43-40-25-39(30-7-2-1-3-8-30)46-47(42(40)38-11-4-5-12-41(38)58-43)60-45(32-19-15-29(27-57)16-20-32)44(59-46)31-17-13-28(26-56)14-18-31/h1-25H. The van der Waals surface area contributed by atoms with E-state index >= 15 is 0 Å². The zero-order valence-electron chi connectivity index (χ0n) is 30.9. The molecule has 288 valence electrons. The van der Waals surface area contributed by atoms with Crippen molar-refractivity contribution in [1.29, 1.82) is 10.5 Å². The van der Waals surface area contributed by atoms with Crippen LogP contribution in [0.4, 0.5) is 26.3 Å². The lowest BCUT2D eigenvalue weighted by Crippen LogP contribution is -2.11. The highest BCUT2D eigenvalue weighted by Crippen LogP contribution is 2.44. The van der Waals surface area contributed by atoms with Crippen molar-refractivity contribution < 1.29 is 26.3 Å². The van der Waals surface area contributed by atoms with Gasteiger partial charge in [0.25, 0.3) is 0 Å². The maximum absolute atomic E-state index is 13.9. The van der Waals surface area contributed by atoms with Gasteiger partial charge in [-0.05, 0) is 77.4 Å². The highest BCUT2D eigenvalue weighted by molar-refractivity contribution is 6.24. The second kappa shape index (κ2) is 14.5. The molecule has 7 aromatic carbocycles. The minimum absolute atomic E-state index is 0.113. The van der Waals surface area contributed by atoms with Crippen LogP contribution < -0.4 is 0 Å². The van der Waals surface area contributed by atoms with E-state index in [4.69, 9.17) is 15.0 Å². The summed E-state index contributed by atoms with van der Waals surface area (Å²) in [5.74, 6) is 0. The minimum atomic E-state index is -5.02. The average Bonchev–Trinajstić information content (AvgIpc) is 3.27. The minimum Gasteiger partial charge on any atom is -0.247 e. The zero-order valence-corrected chi connectivity index (χ0v) is 30.9. The average molecular weight is 798 g/mol. The fraction of sp³-hybridized carbons (Fsp3) is 0.0408. The maximum Gasteiger partial charge on any atom is 0.416 e. The highest BCUT2D eigenvalue weighted by atomic mass is 19.4. The van der Waals surface area contributed by atoms with Gasteiger partial charge in [0.1, 0.15) is 0 Å². The van der Waals surface area contributed by atoms with Crippen molar-refractivity contribution in [1.82, 2.24) is 15.0 Å². The Morgan fingerprint density at radius 3 is 1.52 bits per heavy atom. The van der Waals surface area contributed by atoms with Crippen LogP contribution in [0.2, 0.25) is 0 Å². The lowest BCUT2D eigenvalue weighted by Gasteiger charge is -2.18. The summed E-state index contributed by atoms with van der Waals surface area (Å²) in [6.45, 7) is 0. The molecule has 0 aliphatic heterocycles. The molecule has 0 fully saturated rings. The molecule has 0 radical (unpaired) electrons. The monoisotopic (exact) mass is 797 g/mol. The molecule has 60 heavy (non-hydrogen) atoms. The third kappa shape index (κ3) is 6.82. The van der Waals surface area contributed by atoms with E-state index in [1.165, 1.54) is 6.07 Å². The fourth-order valence-corrected chi connectivity index (χ4v) is 7.47. The molecule has 0 saturated heterocycles. The molecule has 9 aromatic rings. The first-order valence-electron chi connectivity index (χ1n) is 18.4. The second-order valence-corrected chi connectivity index (χ2v) is 14.1. The summed E-state index contributed by atoms with van der Waals surface area (Å²) < 4.78 is 83.6. The summed E-state index contributed by atoms with van der Waals surface area (Å²) in [5, 5.41) is 21.1. The van der Waals surface area contributed by atoms with Crippen LogP contribution in [0.1, 0.15) is 22.3 Å². The first kappa shape index (κ1) is 37.7. The summed E-state index contributed by atoms with van der Waals surface area (Å²) in [7, 11) is 0. The van der Waals surface area contributed by atoms with Crippen molar-refractivity contribution in [2.45, 2.75) is 12.4 Å². The van der Waals surface area contributed by atoms with Crippen LogP contribution in [0, 0.1) is 22.7 Å². The summed E-state index contributed by atoms with van der Waals surface area (Å²) in [6.07, 6.45) is -10.0. The fourth-order valence-electron chi connectivity index (χ4n) is 7.47. The number of pyridine rings is 1. The van der Waals surface area contributed by atoms with Gasteiger partial charge in [0.05, 0.1) is 68.0 Å². The normalized spacial score (nSPS) is 11.8. The summed E-state index contributed by atoms with van der Waals surface area (Å²) in [4.78, 5) is 15.8. The van der Waals surface area contributed by atoms with Crippen molar-refractivity contribution in [2.75, 3.05) is 0 Å². The number of para-hydroxylation sites is 1. The number of hydrogen-bond donors (Lipinski definition) is 0. The summed E-state index contributed by atoms with van der Waals surface area (Å²) >= 11 is 0. The van der Waals surface area contributed by atoms with Gasteiger partial charge in [-0.25, -0.2) is 15.0 Å². The van der Waals surface area contributed by atoms with Crippen LogP contribution in [0.25, 0.3) is 88.7 Å². The first-order valence-corrected chi connectivity index (χ1v) is 18.4. The number of nitrogens with zero attached hydrogens (tertiary/aromatic N) is 5. The van der Waals surface area contributed by atoms with Gasteiger partial charge >= 0.3 is 12.4 Å². The van der Waals surface area contributed by atoms with Crippen molar-refractivity contribution >= 4 is 32.7 Å². The lowest BCUT2D eigenvalue weighted by atomic mass is 9.92. The summed E-state index contributed by atoms with van der Waals surface area (Å²) in [6, 6.07) is 45.0. The van der Waals surface area contributed by atoms with Gasteiger partial charge in [-0.15, -0.1) is 0 Å². The van der Waals surface area contributed by atoms with Gasteiger partial charge in [-0.2, -0.15) is 36.9 Å². The largest absolute Gasteiger partial charge is 0.416 e. The SMILES string of the molecule is N#Cc1ccc(-c2nc3c(-c4ccccc4)cc4c(-c5cccc(-c6cc(C(F)(F)F)cc(C(F)(F)F)c6)c5)nc5ccccc5c4c3nc2-c2ccc(C#N)cc2)cc1. The second-order valence-electron chi connectivity index (χ2n) is 14.1. The summed E-state index contributed by atoms with van der Waals surface area (Å²) in [5.41, 5.74) is 4.33. The number of benzene rings is 7. The van der Waals surface area contributed by atoms with E-state index in [1.807, 2.05) is 60.7 Å². The number of halogens is 6. The Morgan fingerprint density at radius 1 is 0.400 bits per heavy atom. The van der Waals surface area contributed by atoms with Crippen LogP contribution >= 0.6 is 0 Å². The number of hydrogen-bond acceptors (Lipinski definition) is 5. The van der Waals surface area contributed by atoms with E-state index in [2.05, 4.69) is 12.1 Å². The third-order valence-corrected chi connectivity index (χ3v) is 10.3.